The van der Waals surface area contributed by atoms with Crippen LogP contribution in [-0.2, 0) is 0 Å². The number of hydrogen-bond acceptors (Lipinski definition) is 4. The fourth-order valence-electron chi connectivity index (χ4n) is 2.12. The van der Waals surface area contributed by atoms with Gasteiger partial charge in [-0.15, -0.1) is 0 Å². The molecule has 0 aliphatic heterocycles. The summed E-state index contributed by atoms with van der Waals surface area (Å²) in [6.07, 6.45) is 2.82. The van der Waals surface area contributed by atoms with E-state index in [4.69, 9.17) is 4.74 Å². The zero-order valence-electron chi connectivity index (χ0n) is 13.3. The van der Waals surface area contributed by atoms with Crippen LogP contribution in [0.3, 0.4) is 0 Å². The summed E-state index contributed by atoms with van der Waals surface area (Å²) >= 11 is 0. The Balaban J connectivity index is 2.52. The predicted molar refractivity (Wildman–Crippen MR) is 82.4 cm³/mol. The van der Waals surface area contributed by atoms with Gasteiger partial charge in [-0.05, 0) is 25.8 Å². The van der Waals surface area contributed by atoms with Crippen molar-refractivity contribution < 1.29 is 14.6 Å². The van der Waals surface area contributed by atoms with E-state index in [1.807, 2.05) is 27.7 Å². The average Bonchev–Trinajstić information content (AvgIpc) is 2.46. The lowest BCUT2D eigenvalue weighted by molar-refractivity contribution is 0.0816. The number of hydrogen-bond donors (Lipinski definition) is 2. The molecule has 1 amide bonds. The summed E-state index contributed by atoms with van der Waals surface area (Å²) in [5.74, 6) is 0.479. The number of aromatic nitrogens is 1. The molecule has 118 valence electrons. The van der Waals surface area contributed by atoms with E-state index in [1.165, 1.54) is 6.20 Å². The number of ether oxygens (including phenoxy) is 1. The van der Waals surface area contributed by atoms with Crippen LogP contribution in [0.25, 0.3) is 0 Å². The number of nitrogens with zero attached hydrogens (tertiary/aromatic N) is 1. The van der Waals surface area contributed by atoms with Crippen molar-refractivity contribution in [1.82, 2.24) is 10.3 Å². The van der Waals surface area contributed by atoms with Crippen molar-refractivity contribution in [2.75, 3.05) is 6.54 Å². The van der Waals surface area contributed by atoms with Gasteiger partial charge in [0.2, 0.25) is 5.88 Å². The molecule has 2 N–H and O–H groups in total. The number of aliphatic hydroxyl groups excluding tert-OH is 1. The summed E-state index contributed by atoms with van der Waals surface area (Å²) in [6.45, 7) is 8.17. The molecule has 0 aromatic carbocycles. The van der Waals surface area contributed by atoms with Crippen LogP contribution in [0.4, 0.5) is 0 Å². The van der Waals surface area contributed by atoms with E-state index in [2.05, 4.69) is 10.3 Å². The Labute approximate surface area is 126 Å². The molecule has 1 unspecified atom stereocenters. The molecule has 0 bridgehead atoms. The fourth-order valence-corrected chi connectivity index (χ4v) is 2.12. The SMILES string of the molecule is CCC(CC)C(O)CNC(=O)c1ccc(OC(C)C)nc1. The Kier molecular flexibility index (Phi) is 7.15. The van der Waals surface area contributed by atoms with E-state index in [9.17, 15) is 9.90 Å². The van der Waals surface area contributed by atoms with Crippen molar-refractivity contribution in [3.63, 3.8) is 0 Å². The molecular formula is C16H26N2O3. The van der Waals surface area contributed by atoms with Gasteiger partial charge >= 0.3 is 0 Å². The Morgan fingerprint density at radius 2 is 2.00 bits per heavy atom. The lowest BCUT2D eigenvalue weighted by Gasteiger charge is -2.20. The smallest absolute Gasteiger partial charge is 0.252 e. The molecule has 0 saturated carbocycles. The molecule has 0 saturated heterocycles. The average molecular weight is 294 g/mol. The van der Waals surface area contributed by atoms with Crippen LogP contribution in [0.2, 0.25) is 0 Å². The summed E-state index contributed by atoms with van der Waals surface area (Å²) in [5.41, 5.74) is 0.461. The van der Waals surface area contributed by atoms with Crippen LogP contribution < -0.4 is 10.1 Å². The molecule has 0 aliphatic rings. The van der Waals surface area contributed by atoms with Gasteiger partial charge in [0.1, 0.15) is 0 Å². The maximum absolute atomic E-state index is 12.0. The minimum atomic E-state index is -0.513. The Morgan fingerprint density at radius 1 is 1.33 bits per heavy atom. The summed E-state index contributed by atoms with van der Waals surface area (Å²) in [6, 6.07) is 3.34. The van der Waals surface area contributed by atoms with E-state index in [0.717, 1.165) is 12.8 Å². The molecule has 1 aromatic heterocycles. The Bertz CT molecular complexity index is 428. The quantitative estimate of drug-likeness (QED) is 0.772. The second-order valence-electron chi connectivity index (χ2n) is 5.41. The molecule has 1 rings (SSSR count). The number of carbonyl (C=O) groups excluding carboxylic acids is 1. The van der Waals surface area contributed by atoms with Gasteiger partial charge in [0.25, 0.3) is 5.91 Å². The second-order valence-corrected chi connectivity index (χ2v) is 5.41. The molecular weight excluding hydrogens is 268 g/mol. The van der Waals surface area contributed by atoms with E-state index in [1.54, 1.807) is 12.1 Å². The van der Waals surface area contributed by atoms with Gasteiger partial charge in [-0.3, -0.25) is 4.79 Å². The lowest BCUT2D eigenvalue weighted by atomic mass is 9.96. The fraction of sp³-hybridized carbons (Fsp3) is 0.625. The molecule has 5 nitrogen and oxygen atoms in total. The summed E-state index contributed by atoms with van der Waals surface area (Å²) in [7, 11) is 0. The zero-order valence-corrected chi connectivity index (χ0v) is 13.3. The van der Waals surface area contributed by atoms with Crippen molar-refractivity contribution in [1.29, 1.82) is 0 Å². The highest BCUT2D eigenvalue weighted by Crippen LogP contribution is 2.13. The van der Waals surface area contributed by atoms with Crippen LogP contribution in [0.15, 0.2) is 18.3 Å². The van der Waals surface area contributed by atoms with Gasteiger partial charge in [0.05, 0.1) is 17.8 Å². The third kappa shape index (κ3) is 5.71. The summed E-state index contributed by atoms with van der Waals surface area (Å²) in [5, 5.41) is 12.7. The van der Waals surface area contributed by atoms with Crippen molar-refractivity contribution >= 4 is 5.91 Å². The van der Waals surface area contributed by atoms with Gasteiger partial charge < -0.3 is 15.2 Å². The highest BCUT2D eigenvalue weighted by Gasteiger charge is 2.16. The Morgan fingerprint density at radius 3 is 2.48 bits per heavy atom. The van der Waals surface area contributed by atoms with Crippen molar-refractivity contribution in [3.05, 3.63) is 23.9 Å². The van der Waals surface area contributed by atoms with Crippen molar-refractivity contribution in [2.45, 2.75) is 52.7 Å². The summed E-state index contributed by atoms with van der Waals surface area (Å²) < 4.78 is 5.42. The number of amides is 1. The number of aliphatic hydroxyl groups is 1. The minimum absolute atomic E-state index is 0.0485. The van der Waals surface area contributed by atoms with Crippen LogP contribution >= 0.6 is 0 Å². The first kappa shape index (κ1) is 17.4. The molecule has 5 heteroatoms. The highest BCUT2D eigenvalue weighted by molar-refractivity contribution is 5.93. The normalized spacial score (nSPS) is 12.5. The maximum atomic E-state index is 12.0. The van der Waals surface area contributed by atoms with Gasteiger partial charge in [-0.2, -0.15) is 0 Å². The highest BCUT2D eigenvalue weighted by atomic mass is 16.5. The molecule has 0 spiro atoms. The van der Waals surface area contributed by atoms with Gasteiger partial charge in [-0.25, -0.2) is 4.98 Å². The van der Waals surface area contributed by atoms with Crippen LogP contribution in [0.1, 0.15) is 50.9 Å². The van der Waals surface area contributed by atoms with Gasteiger partial charge in [-0.1, -0.05) is 26.7 Å². The molecule has 1 atom stereocenters. The number of pyridine rings is 1. The lowest BCUT2D eigenvalue weighted by Crippen LogP contribution is -2.36. The van der Waals surface area contributed by atoms with Crippen LogP contribution in [0, 0.1) is 5.92 Å². The first-order valence-corrected chi connectivity index (χ1v) is 7.56. The molecule has 1 heterocycles. The predicted octanol–water partition coefficient (Wildman–Crippen LogP) is 2.40. The molecule has 0 aliphatic carbocycles. The van der Waals surface area contributed by atoms with E-state index < -0.39 is 6.10 Å². The minimum Gasteiger partial charge on any atom is -0.475 e. The van der Waals surface area contributed by atoms with Crippen LogP contribution in [-0.4, -0.2) is 34.8 Å². The number of nitrogens with one attached hydrogen (secondary N) is 1. The molecule has 0 radical (unpaired) electrons. The zero-order chi connectivity index (χ0) is 15.8. The van der Waals surface area contributed by atoms with Gasteiger partial charge in [0, 0.05) is 18.8 Å². The summed E-state index contributed by atoms with van der Waals surface area (Å²) in [4.78, 5) is 16.1. The third-order valence-corrected chi connectivity index (χ3v) is 3.42. The van der Waals surface area contributed by atoms with Crippen molar-refractivity contribution in [2.24, 2.45) is 5.92 Å². The van der Waals surface area contributed by atoms with E-state index in [-0.39, 0.29) is 24.5 Å². The largest absolute Gasteiger partial charge is 0.475 e. The maximum Gasteiger partial charge on any atom is 0.252 e. The topological polar surface area (TPSA) is 71.5 Å². The number of rotatable bonds is 8. The molecule has 1 aromatic rings. The van der Waals surface area contributed by atoms with Crippen molar-refractivity contribution in [3.8, 4) is 5.88 Å². The third-order valence-electron chi connectivity index (χ3n) is 3.42. The molecule has 21 heavy (non-hydrogen) atoms. The van der Waals surface area contributed by atoms with Gasteiger partial charge in [0.15, 0.2) is 0 Å². The first-order valence-electron chi connectivity index (χ1n) is 7.56. The standard InChI is InChI=1S/C16H26N2O3/c1-5-12(6-2)14(19)10-18-16(20)13-7-8-15(17-9-13)21-11(3)4/h7-9,11-12,14,19H,5-6,10H2,1-4H3,(H,18,20). The second kappa shape index (κ2) is 8.62. The monoisotopic (exact) mass is 294 g/mol. The Hall–Kier alpha value is -1.62. The number of carbonyl (C=O) groups is 1. The molecule has 0 fully saturated rings. The van der Waals surface area contributed by atoms with E-state index in [0.29, 0.717) is 11.4 Å². The first-order chi connectivity index (χ1) is 9.97. The van der Waals surface area contributed by atoms with Crippen LogP contribution in [0.5, 0.6) is 5.88 Å². The van der Waals surface area contributed by atoms with E-state index >= 15 is 0 Å².